The third kappa shape index (κ3) is 4.06. The predicted octanol–water partition coefficient (Wildman–Crippen LogP) is 1.30. The van der Waals surface area contributed by atoms with Gasteiger partial charge in [-0.25, -0.2) is 5.43 Å². The van der Waals surface area contributed by atoms with E-state index in [1.54, 1.807) is 0 Å². The SMILES string of the molecule is Cc1cccc(OCC(=O)NCC2NNC(=O)C3CCCCC23)c1. The van der Waals surface area contributed by atoms with Gasteiger partial charge in [-0.05, 0) is 43.4 Å². The number of carbonyl (C=O) groups excluding carboxylic acids is 2. The Balaban J connectivity index is 1.46. The van der Waals surface area contributed by atoms with Crippen LogP contribution in [-0.4, -0.2) is 31.0 Å². The molecule has 0 radical (unpaired) electrons. The average Bonchev–Trinajstić information content (AvgIpc) is 2.60. The van der Waals surface area contributed by atoms with Crippen LogP contribution in [0.2, 0.25) is 0 Å². The van der Waals surface area contributed by atoms with Gasteiger partial charge in [0.25, 0.3) is 5.91 Å². The van der Waals surface area contributed by atoms with Crippen LogP contribution in [0.5, 0.6) is 5.75 Å². The number of amides is 2. The van der Waals surface area contributed by atoms with Crippen molar-refractivity contribution in [3.05, 3.63) is 29.8 Å². The molecule has 130 valence electrons. The summed E-state index contributed by atoms with van der Waals surface area (Å²) in [4.78, 5) is 23.9. The molecule has 1 aliphatic carbocycles. The molecule has 0 bridgehead atoms. The van der Waals surface area contributed by atoms with Crippen LogP contribution >= 0.6 is 0 Å². The van der Waals surface area contributed by atoms with Crippen LogP contribution in [0, 0.1) is 18.8 Å². The van der Waals surface area contributed by atoms with Gasteiger partial charge < -0.3 is 10.1 Å². The largest absolute Gasteiger partial charge is 0.484 e. The second-order valence-electron chi connectivity index (χ2n) is 6.70. The first-order chi connectivity index (χ1) is 11.6. The van der Waals surface area contributed by atoms with E-state index in [1.165, 1.54) is 0 Å². The zero-order chi connectivity index (χ0) is 16.9. The van der Waals surface area contributed by atoms with E-state index in [0.717, 1.165) is 31.2 Å². The average molecular weight is 331 g/mol. The Kier molecular flexibility index (Phi) is 5.35. The molecule has 1 saturated heterocycles. The highest BCUT2D eigenvalue weighted by molar-refractivity contribution is 5.80. The van der Waals surface area contributed by atoms with Crippen LogP contribution in [0.3, 0.4) is 0 Å². The van der Waals surface area contributed by atoms with Crippen molar-refractivity contribution in [2.45, 2.75) is 38.6 Å². The summed E-state index contributed by atoms with van der Waals surface area (Å²) in [6.07, 6.45) is 4.24. The van der Waals surface area contributed by atoms with Crippen LogP contribution in [0.15, 0.2) is 24.3 Å². The van der Waals surface area contributed by atoms with E-state index in [4.69, 9.17) is 4.74 Å². The van der Waals surface area contributed by atoms with Crippen molar-refractivity contribution in [3.8, 4) is 5.75 Å². The molecule has 6 heteroatoms. The van der Waals surface area contributed by atoms with Crippen molar-refractivity contribution in [3.63, 3.8) is 0 Å². The van der Waals surface area contributed by atoms with Gasteiger partial charge in [-0.3, -0.25) is 15.0 Å². The van der Waals surface area contributed by atoms with Crippen molar-refractivity contribution in [1.29, 1.82) is 0 Å². The van der Waals surface area contributed by atoms with Crippen LogP contribution < -0.4 is 20.9 Å². The Morgan fingerprint density at radius 1 is 1.33 bits per heavy atom. The maximum absolute atomic E-state index is 12.0. The summed E-state index contributed by atoms with van der Waals surface area (Å²) in [5.41, 5.74) is 6.89. The Hall–Kier alpha value is -2.08. The van der Waals surface area contributed by atoms with Gasteiger partial charge in [0.2, 0.25) is 5.91 Å². The van der Waals surface area contributed by atoms with Crippen molar-refractivity contribution in [2.24, 2.45) is 11.8 Å². The second kappa shape index (κ2) is 7.66. The highest BCUT2D eigenvalue weighted by Crippen LogP contribution is 2.34. The molecular formula is C18H25N3O3. The van der Waals surface area contributed by atoms with Crippen molar-refractivity contribution in [1.82, 2.24) is 16.2 Å². The van der Waals surface area contributed by atoms with Gasteiger partial charge in [-0.15, -0.1) is 0 Å². The highest BCUT2D eigenvalue weighted by Gasteiger charge is 2.39. The van der Waals surface area contributed by atoms with Crippen LogP contribution in [-0.2, 0) is 9.59 Å². The number of hydrogen-bond acceptors (Lipinski definition) is 4. The first kappa shape index (κ1) is 16.8. The number of nitrogens with one attached hydrogen (secondary N) is 3. The minimum atomic E-state index is -0.150. The molecular weight excluding hydrogens is 306 g/mol. The number of aryl methyl sites for hydroxylation is 1. The zero-order valence-corrected chi connectivity index (χ0v) is 14.0. The number of carbonyl (C=O) groups is 2. The molecule has 1 heterocycles. The Labute approximate surface area is 142 Å². The normalized spacial score (nSPS) is 26.2. The lowest BCUT2D eigenvalue weighted by atomic mass is 9.74. The molecule has 6 nitrogen and oxygen atoms in total. The second-order valence-corrected chi connectivity index (χ2v) is 6.70. The van der Waals surface area contributed by atoms with Gasteiger partial charge in [-0.1, -0.05) is 25.0 Å². The summed E-state index contributed by atoms with van der Waals surface area (Å²) in [5, 5.41) is 2.91. The van der Waals surface area contributed by atoms with Gasteiger partial charge in [0.15, 0.2) is 6.61 Å². The minimum Gasteiger partial charge on any atom is -0.484 e. The molecule has 3 N–H and O–H groups in total. The number of ether oxygens (including phenoxy) is 1. The molecule has 3 rings (SSSR count). The fourth-order valence-electron chi connectivity index (χ4n) is 3.66. The highest BCUT2D eigenvalue weighted by atomic mass is 16.5. The third-order valence-electron chi connectivity index (χ3n) is 4.93. The van der Waals surface area contributed by atoms with Crippen LogP contribution in [0.25, 0.3) is 0 Å². The van der Waals surface area contributed by atoms with E-state index in [9.17, 15) is 9.59 Å². The lowest BCUT2D eigenvalue weighted by Crippen LogP contribution is -2.62. The van der Waals surface area contributed by atoms with E-state index < -0.39 is 0 Å². The topological polar surface area (TPSA) is 79.5 Å². The number of hydrogen-bond donors (Lipinski definition) is 3. The number of fused-ring (bicyclic) bond motifs is 1. The summed E-state index contributed by atoms with van der Waals surface area (Å²) >= 11 is 0. The third-order valence-corrected chi connectivity index (χ3v) is 4.93. The van der Waals surface area contributed by atoms with E-state index in [0.29, 0.717) is 18.2 Å². The fourth-order valence-corrected chi connectivity index (χ4v) is 3.66. The lowest BCUT2D eigenvalue weighted by molar-refractivity contribution is -0.133. The number of hydrazine groups is 1. The molecule has 24 heavy (non-hydrogen) atoms. The fraction of sp³-hybridized carbons (Fsp3) is 0.556. The summed E-state index contributed by atoms with van der Waals surface area (Å²) < 4.78 is 5.51. The van der Waals surface area contributed by atoms with Crippen molar-refractivity contribution >= 4 is 11.8 Å². The monoisotopic (exact) mass is 331 g/mol. The van der Waals surface area contributed by atoms with Gasteiger partial charge in [0.1, 0.15) is 5.75 Å². The van der Waals surface area contributed by atoms with Gasteiger partial charge in [0.05, 0.1) is 0 Å². The molecule has 3 unspecified atom stereocenters. The lowest BCUT2D eigenvalue weighted by Gasteiger charge is -2.41. The molecule has 1 aliphatic heterocycles. The van der Waals surface area contributed by atoms with Crippen LogP contribution in [0.4, 0.5) is 0 Å². The summed E-state index contributed by atoms with van der Waals surface area (Å²) in [5.74, 6) is 1.00. The Morgan fingerprint density at radius 2 is 2.17 bits per heavy atom. The number of rotatable bonds is 5. The molecule has 1 aromatic carbocycles. The molecule has 3 atom stereocenters. The summed E-state index contributed by atoms with van der Waals surface area (Å²) in [7, 11) is 0. The zero-order valence-electron chi connectivity index (χ0n) is 14.0. The van der Waals surface area contributed by atoms with Crippen molar-refractivity contribution in [2.75, 3.05) is 13.2 Å². The first-order valence-electron chi connectivity index (χ1n) is 8.65. The molecule has 2 aliphatic rings. The summed E-state index contributed by atoms with van der Waals surface area (Å²) in [6, 6.07) is 7.70. The van der Waals surface area contributed by atoms with Gasteiger partial charge in [-0.2, -0.15) is 0 Å². The quantitative estimate of drug-likeness (QED) is 0.760. The Morgan fingerprint density at radius 3 is 3.00 bits per heavy atom. The van der Waals surface area contributed by atoms with Crippen LogP contribution in [0.1, 0.15) is 31.2 Å². The smallest absolute Gasteiger partial charge is 0.257 e. The molecule has 0 spiro atoms. The van der Waals surface area contributed by atoms with Crippen molar-refractivity contribution < 1.29 is 14.3 Å². The minimum absolute atomic E-state index is 0.00335. The van der Waals surface area contributed by atoms with E-state index >= 15 is 0 Å². The number of benzene rings is 1. The predicted molar refractivity (Wildman–Crippen MR) is 90.2 cm³/mol. The molecule has 2 amide bonds. The molecule has 1 saturated carbocycles. The van der Waals surface area contributed by atoms with E-state index in [2.05, 4.69) is 16.2 Å². The first-order valence-corrected chi connectivity index (χ1v) is 8.65. The standard InChI is InChI=1S/C18H25N3O3/c1-12-5-4-6-13(9-12)24-11-17(22)19-10-16-14-7-2-3-8-15(14)18(23)21-20-16/h4-6,9,14-16,20H,2-3,7-8,10-11H2,1H3,(H,19,22)(H,21,23). The molecule has 1 aromatic rings. The van der Waals surface area contributed by atoms with E-state index in [-0.39, 0.29) is 30.4 Å². The van der Waals surface area contributed by atoms with Gasteiger partial charge >= 0.3 is 0 Å². The van der Waals surface area contributed by atoms with Gasteiger partial charge in [0, 0.05) is 18.5 Å². The Bertz CT molecular complexity index is 605. The van der Waals surface area contributed by atoms with E-state index in [1.807, 2.05) is 31.2 Å². The maximum Gasteiger partial charge on any atom is 0.257 e. The summed E-state index contributed by atoms with van der Waals surface area (Å²) in [6.45, 7) is 2.48. The molecule has 0 aromatic heterocycles. The molecule has 2 fully saturated rings. The maximum atomic E-state index is 12.0.